The third-order valence-electron chi connectivity index (χ3n) is 13.9. The van der Waals surface area contributed by atoms with Crippen LogP contribution in [0.25, 0.3) is 22.3 Å². The van der Waals surface area contributed by atoms with Crippen LogP contribution in [0.4, 0.5) is 0 Å². The molecule has 0 aliphatic carbocycles. The number of hydrogen-bond donors (Lipinski definition) is 0. The van der Waals surface area contributed by atoms with Gasteiger partial charge in [-0.15, -0.1) is 0 Å². The van der Waals surface area contributed by atoms with Crippen molar-refractivity contribution in [3.8, 4) is 22.3 Å². The van der Waals surface area contributed by atoms with Gasteiger partial charge in [0.15, 0.2) is 0 Å². The fourth-order valence-electron chi connectivity index (χ4n) is 9.14. The molecule has 0 unspecified atom stereocenters. The summed E-state index contributed by atoms with van der Waals surface area (Å²) >= 11 is 0. The Morgan fingerprint density at radius 2 is 0.538 bits per heavy atom. The quantitative estimate of drug-likeness (QED) is 0.190. The molecule has 2 nitrogen and oxygen atoms in total. The summed E-state index contributed by atoms with van der Waals surface area (Å²) in [4.78, 5) is 4.72. The molecule has 0 bridgehead atoms. The molecule has 4 aromatic rings. The summed E-state index contributed by atoms with van der Waals surface area (Å²) in [5.41, 5.74) is 18.9. The predicted molar refractivity (Wildman–Crippen MR) is 286 cm³/mol. The van der Waals surface area contributed by atoms with E-state index in [1.165, 1.54) is 77.9 Å². The van der Waals surface area contributed by atoms with Crippen LogP contribution in [0.2, 0.25) is 0 Å². The van der Waals surface area contributed by atoms with E-state index in [0.717, 1.165) is 0 Å². The molecule has 354 valence electrons. The van der Waals surface area contributed by atoms with Gasteiger partial charge in [-0.2, -0.15) is 0 Å². The molecule has 1 aliphatic heterocycles. The zero-order chi connectivity index (χ0) is 49.6. The van der Waals surface area contributed by atoms with Crippen molar-refractivity contribution in [2.24, 2.45) is 0 Å². The Morgan fingerprint density at radius 3 is 0.754 bits per heavy atom. The third kappa shape index (κ3) is 11.5. The van der Waals surface area contributed by atoms with Gasteiger partial charge in [0.2, 0.25) is 6.67 Å². The van der Waals surface area contributed by atoms with Crippen LogP contribution in [0.3, 0.4) is 0 Å². The van der Waals surface area contributed by atoms with Crippen molar-refractivity contribution < 1.29 is 0 Å². The van der Waals surface area contributed by atoms with E-state index in [-0.39, 0.29) is 55.4 Å². The lowest BCUT2D eigenvalue weighted by Crippen LogP contribution is -2.29. The minimum absolute atomic E-state index is 0.00435. The Labute approximate surface area is 401 Å². The van der Waals surface area contributed by atoms with Crippen molar-refractivity contribution in [3.05, 3.63) is 135 Å². The molecule has 5 rings (SSSR count). The first-order chi connectivity index (χ1) is 29.1. The number of benzene rings is 4. The highest BCUT2D eigenvalue weighted by atomic mass is 15.4. The van der Waals surface area contributed by atoms with Crippen molar-refractivity contribution in [1.82, 2.24) is 9.80 Å². The minimum Gasteiger partial charge on any atom is -0.339 e. The van der Waals surface area contributed by atoms with Crippen LogP contribution in [0.1, 0.15) is 248 Å². The summed E-state index contributed by atoms with van der Waals surface area (Å²) in [5.74, 6) is 0. The van der Waals surface area contributed by atoms with E-state index in [0.29, 0.717) is 0 Å². The molecule has 4 aromatic carbocycles. The maximum atomic E-state index is 3.99. The molecule has 2 radical (unpaired) electrons. The highest BCUT2D eigenvalue weighted by Crippen LogP contribution is 2.48. The first kappa shape index (κ1) is 52.2. The number of hydrogen-bond acceptors (Lipinski definition) is 2. The zero-order valence-corrected chi connectivity index (χ0v) is 46.5. The summed E-state index contributed by atoms with van der Waals surface area (Å²) in [6, 6.07) is 24.9. The molecule has 1 heterocycles. The fraction of sp³-hybridized carbons (Fsp3) is 0.571. The largest absolute Gasteiger partial charge is 0.339 e. The van der Waals surface area contributed by atoms with Crippen molar-refractivity contribution in [2.75, 3.05) is 0 Å². The molecule has 0 spiro atoms. The first-order valence-corrected chi connectivity index (χ1v) is 24.8. The molecule has 0 aromatic heterocycles. The van der Waals surface area contributed by atoms with Crippen molar-refractivity contribution in [3.63, 3.8) is 0 Å². The second-order valence-corrected chi connectivity index (χ2v) is 28.1. The van der Waals surface area contributed by atoms with Crippen LogP contribution in [-0.2, 0) is 43.3 Å². The molecular weight excluding hydrogens is 785 g/mol. The van der Waals surface area contributed by atoms with Gasteiger partial charge in [-0.25, -0.2) is 0 Å². The van der Waals surface area contributed by atoms with Gasteiger partial charge in [0, 0.05) is 12.4 Å². The molecule has 1 aliphatic rings. The normalized spacial score (nSPS) is 15.8. The van der Waals surface area contributed by atoms with E-state index in [1.54, 1.807) is 0 Å². The molecular formula is C63H92N2. The van der Waals surface area contributed by atoms with E-state index >= 15 is 0 Å². The van der Waals surface area contributed by atoms with Crippen molar-refractivity contribution >= 4 is 0 Å². The lowest BCUT2D eigenvalue weighted by atomic mass is 9.73. The Balaban J connectivity index is 1.75. The minimum atomic E-state index is -0.0939. The van der Waals surface area contributed by atoms with Gasteiger partial charge in [-0.3, -0.25) is 0 Å². The second-order valence-electron chi connectivity index (χ2n) is 28.1. The van der Waals surface area contributed by atoms with Gasteiger partial charge in [-0.1, -0.05) is 227 Å². The average Bonchev–Trinajstić information content (AvgIpc) is 3.64. The van der Waals surface area contributed by atoms with Gasteiger partial charge in [-0.05, 0) is 135 Å². The van der Waals surface area contributed by atoms with Gasteiger partial charge in [0.05, 0.1) is 12.1 Å². The summed E-state index contributed by atoms with van der Waals surface area (Å²) in [7, 11) is 0. The van der Waals surface area contributed by atoms with E-state index in [1.807, 2.05) is 0 Å². The van der Waals surface area contributed by atoms with Crippen LogP contribution in [-0.4, -0.2) is 9.80 Å². The predicted octanol–water partition coefficient (Wildman–Crippen LogP) is 18.3. The Bertz CT molecular complexity index is 2160. The monoisotopic (exact) mass is 877 g/mol. The molecule has 2 heteroatoms. The van der Waals surface area contributed by atoms with Crippen LogP contribution in [0.15, 0.2) is 73.1 Å². The van der Waals surface area contributed by atoms with E-state index in [9.17, 15) is 0 Å². The molecule has 0 amide bonds. The summed E-state index contributed by atoms with van der Waals surface area (Å²) in [6.45, 7) is 65.4. The maximum absolute atomic E-state index is 3.99. The van der Waals surface area contributed by atoms with Crippen molar-refractivity contribution in [1.29, 1.82) is 0 Å². The Morgan fingerprint density at radius 1 is 0.308 bits per heavy atom. The van der Waals surface area contributed by atoms with Crippen LogP contribution in [0, 0.1) is 6.67 Å². The summed E-state index contributed by atoms with van der Waals surface area (Å²) in [6.07, 6.45) is 4.55. The molecule has 0 saturated carbocycles. The van der Waals surface area contributed by atoms with Crippen molar-refractivity contribution in [2.45, 2.75) is 235 Å². The number of nitrogens with zero attached hydrogens (tertiary/aromatic N) is 2. The van der Waals surface area contributed by atoms with E-state index in [4.69, 9.17) is 0 Å². The van der Waals surface area contributed by atoms with E-state index < -0.39 is 0 Å². The third-order valence-corrected chi connectivity index (χ3v) is 13.9. The maximum Gasteiger partial charge on any atom is 0.208 e. The molecule has 2 atom stereocenters. The van der Waals surface area contributed by atoms with Gasteiger partial charge in [0.25, 0.3) is 0 Å². The molecule has 0 saturated heterocycles. The molecule has 0 fully saturated rings. The van der Waals surface area contributed by atoms with Gasteiger partial charge < -0.3 is 9.80 Å². The lowest BCUT2D eigenvalue weighted by Gasteiger charge is -2.37. The topological polar surface area (TPSA) is 6.48 Å². The highest BCUT2D eigenvalue weighted by Gasteiger charge is 2.36. The smallest absolute Gasteiger partial charge is 0.208 e. The standard InChI is InChI=1S/C63H92N2/c1-40(54-50(35-48(60(15,16)17)37-52(54)62(21,22)23)42-29-44(56(3,4)5)33-45(30-42)57(6,7)8)64-27-28-65(39-64)41(2)55-51(36-49(61(18,19)20)38-53(55)63(24,25)26)43-31-46(58(9,10)11)34-47(32-43)59(12,13)14/h27-38,40-41H,1-26H3/t40-,41-/m1/s1. The zero-order valence-electron chi connectivity index (χ0n) is 46.5. The lowest BCUT2D eigenvalue weighted by molar-refractivity contribution is 0.257. The highest BCUT2D eigenvalue weighted by molar-refractivity contribution is 5.75. The molecule has 65 heavy (non-hydrogen) atoms. The number of rotatable bonds is 6. The molecule has 0 N–H and O–H groups in total. The van der Waals surface area contributed by atoms with Crippen LogP contribution >= 0.6 is 0 Å². The Kier molecular flexibility index (Phi) is 13.7. The van der Waals surface area contributed by atoms with Crippen LogP contribution < -0.4 is 0 Å². The fourth-order valence-corrected chi connectivity index (χ4v) is 9.14. The summed E-state index contributed by atoms with van der Waals surface area (Å²) < 4.78 is 0. The van der Waals surface area contributed by atoms with Gasteiger partial charge >= 0.3 is 0 Å². The second kappa shape index (κ2) is 17.1. The Hall–Kier alpha value is -3.78. The first-order valence-electron chi connectivity index (χ1n) is 24.8. The van der Waals surface area contributed by atoms with Crippen LogP contribution in [0.5, 0.6) is 0 Å². The average molecular weight is 877 g/mol. The van der Waals surface area contributed by atoms with Gasteiger partial charge in [0.1, 0.15) is 0 Å². The summed E-state index contributed by atoms with van der Waals surface area (Å²) in [5, 5.41) is 0. The SMILES string of the molecule is C[C@H](c1c(-c2cc(C(C)(C)C)cc(C(C)(C)C)c2)cc(C(C)(C)C)cc1C(C)(C)C)N1[C]N([C@H](C)c2c(-c3cc(C(C)(C)C)cc(C(C)(C)C)c3)cc(C(C)(C)C)cc2C(C)(C)C)C=C1. The van der Waals surface area contributed by atoms with E-state index in [2.05, 4.69) is 270 Å².